The Balaban J connectivity index is 1.65. The standard InChI is InChI=1S/C24H21ClN2O4S/c1-31-20-12-8-17(9-13-20)14-26-15-23-24(28)21-4-2-3-5-22(21)27(32(23,29)30)16-18-6-10-19(25)11-7-18/h2-13,15,26H,14,16H2,1H3/b23-15+. The SMILES string of the molecule is COc1ccc(CN/C=C2\C(=O)c3ccccc3N(Cc3ccc(Cl)cc3)S2(=O)=O)cc1. The van der Waals surface area contributed by atoms with E-state index in [9.17, 15) is 13.2 Å². The van der Waals surface area contributed by atoms with E-state index < -0.39 is 15.8 Å². The van der Waals surface area contributed by atoms with Crippen molar-refractivity contribution in [1.29, 1.82) is 0 Å². The van der Waals surface area contributed by atoms with Gasteiger partial charge in [0.25, 0.3) is 10.0 Å². The first kappa shape index (κ1) is 21.9. The van der Waals surface area contributed by atoms with E-state index in [4.69, 9.17) is 16.3 Å². The molecule has 8 heteroatoms. The normalized spacial score (nSPS) is 16.0. The molecule has 0 aliphatic carbocycles. The predicted octanol–water partition coefficient (Wildman–Crippen LogP) is 4.51. The number of sulfonamides is 1. The first-order valence-electron chi connectivity index (χ1n) is 9.87. The monoisotopic (exact) mass is 468 g/mol. The maximum Gasteiger partial charge on any atom is 0.270 e. The van der Waals surface area contributed by atoms with E-state index in [1.807, 2.05) is 24.3 Å². The number of halogens is 1. The number of carbonyl (C=O) groups is 1. The molecule has 0 radical (unpaired) electrons. The van der Waals surface area contributed by atoms with Crippen molar-refractivity contribution in [2.45, 2.75) is 13.1 Å². The Morgan fingerprint density at radius 3 is 2.31 bits per heavy atom. The Labute approximate surface area is 192 Å². The van der Waals surface area contributed by atoms with Crippen molar-refractivity contribution in [3.63, 3.8) is 0 Å². The Kier molecular flexibility index (Phi) is 6.21. The van der Waals surface area contributed by atoms with Gasteiger partial charge in [-0.25, -0.2) is 8.42 Å². The van der Waals surface area contributed by atoms with Crippen LogP contribution in [0.4, 0.5) is 5.69 Å². The van der Waals surface area contributed by atoms with Gasteiger partial charge < -0.3 is 10.1 Å². The molecule has 1 N–H and O–H groups in total. The molecule has 0 amide bonds. The summed E-state index contributed by atoms with van der Waals surface area (Å²) in [4.78, 5) is 12.8. The van der Waals surface area contributed by atoms with Gasteiger partial charge in [0.1, 0.15) is 5.75 Å². The quantitative estimate of drug-likeness (QED) is 0.538. The number of ether oxygens (including phenoxy) is 1. The van der Waals surface area contributed by atoms with E-state index in [0.717, 1.165) is 16.9 Å². The number of Topliss-reactive ketones (excluding diaryl/α,β-unsaturated/α-hetero) is 1. The topological polar surface area (TPSA) is 75.7 Å². The van der Waals surface area contributed by atoms with Crippen LogP contribution in [0.25, 0.3) is 0 Å². The Bertz CT molecular complexity index is 1270. The second-order valence-corrected chi connectivity index (χ2v) is 9.49. The highest BCUT2D eigenvalue weighted by Crippen LogP contribution is 2.36. The number of rotatable bonds is 6. The molecule has 0 bridgehead atoms. The minimum absolute atomic E-state index is 0.0830. The second-order valence-electron chi connectivity index (χ2n) is 7.22. The summed E-state index contributed by atoms with van der Waals surface area (Å²) in [6.45, 7) is 0.439. The lowest BCUT2D eigenvalue weighted by atomic mass is 10.1. The summed E-state index contributed by atoms with van der Waals surface area (Å²) in [7, 11) is -2.48. The lowest BCUT2D eigenvalue weighted by Gasteiger charge is -2.31. The van der Waals surface area contributed by atoms with Crippen LogP contribution < -0.4 is 14.4 Å². The summed E-state index contributed by atoms with van der Waals surface area (Å²) in [6.07, 6.45) is 1.28. The van der Waals surface area contributed by atoms with E-state index in [-0.39, 0.29) is 11.4 Å². The van der Waals surface area contributed by atoms with Gasteiger partial charge in [-0.05, 0) is 47.5 Å². The summed E-state index contributed by atoms with van der Waals surface area (Å²) in [5.41, 5.74) is 2.38. The zero-order chi connectivity index (χ0) is 22.7. The van der Waals surface area contributed by atoms with Crippen molar-refractivity contribution in [3.8, 4) is 5.75 Å². The number of methoxy groups -OCH3 is 1. The third-order valence-corrected chi connectivity index (χ3v) is 7.16. The van der Waals surface area contributed by atoms with Gasteiger partial charge in [-0.15, -0.1) is 0 Å². The van der Waals surface area contributed by atoms with Gasteiger partial charge in [-0.3, -0.25) is 9.10 Å². The van der Waals surface area contributed by atoms with Gasteiger partial charge in [0.05, 0.1) is 19.3 Å². The molecule has 3 aromatic rings. The molecule has 1 aliphatic heterocycles. The zero-order valence-corrected chi connectivity index (χ0v) is 18.9. The number of carbonyl (C=O) groups excluding carboxylic acids is 1. The molecule has 32 heavy (non-hydrogen) atoms. The predicted molar refractivity (Wildman–Crippen MR) is 125 cm³/mol. The van der Waals surface area contributed by atoms with E-state index in [2.05, 4.69) is 5.32 Å². The number of hydrogen-bond acceptors (Lipinski definition) is 5. The average molecular weight is 469 g/mol. The fourth-order valence-corrected chi connectivity index (χ4v) is 5.13. The molecule has 0 atom stereocenters. The molecule has 0 saturated heterocycles. The Morgan fingerprint density at radius 1 is 0.969 bits per heavy atom. The second kappa shape index (κ2) is 9.06. The molecule has 1 heterocycles. The Morgan fingerprint density at radius 2 is 1.62 bits per heavy atom. The molecule has 0 spiro atoms. The Hall–Kier alpha value is -3.29. The number of allylic oxidation sites excluding steroid dienone is 1. The van der Waals surface area contributed by atoms with Crippen LogP contribution >= 0.6 is 11.6 Å². The molecule has 0 saturated carbocycles. The number of nitrogens with one attached hydrogen (secondary N) is 1. The van der Waals surface area contributed by atoms with Crippen LogP contribution in [0.5, 0.6) is 5.75 Å². The fourth-order valence-electron chi connectivity index (χ4n) is 3.45. The molecule has 0 aromatic heterocycles. The average Bonchev–Trinajstić information content (AvgIpc) is 2.80. The van der Waals surface area contributed by atoms with Gasteiger partial charge in [0.15, 0.2) is 4.91 Å². The molecule has 6 nitrogen and oxygen atoms in total. The third kappa shape index (κ3) is 4.35. The molecular weight excluding hydrogens is 448 g/mol. The van der Waals surface area contributed by atoms with Gasteiger partial charge in [-0.1, -0.05) is 48.0 Å². The zero-order valence-electron chi connectivity index (χ0n) is 17.3. The van der Waals surface area contributed by atoms with Crippen LogP contribution in [-0.2, 0) is 23.1 Å². The van der Waals surface area contributed by atoms with E-state index in [1.54, 1.807) is 55.6 Å². The first-order valence-corrected chi connectivity index (χ1v) is 11.7. The summed E-state index contributed by atoms with van der Waals surface area (Å²) in [6, 6.07) is 21.0. The summed E-state index contributed by atoms with van der Waals surface area (Å²) < 4.78 is 33.3. The van der Waals surface area contributed by atoms with Crippen molar-refractivity contribution in [3.05, 3.63) is 106 Å². The van der Waals surface area contributed by atoms with Crippen molar-refractivity contribution in [2.75, 3.05) is 11.4 Å². The number of anilines is 1. The lowest BCUT2D eigenvalue weighted by molar-refractivity contribution is 0.104. The highest BCUT2D eigenvalue weighted by Gasteiger charge is 2.39. The van der Waals surface area contributed by atoms with Gasteiger partial charge in [0.2, 0.25) is 5.78 Å². The minimum Gasteiger partial charge on any atom is -0.497 e. The van der Waals surface area contributed by atoms with Gasteiger partial charge in [0, 0.05) is 23.3 Å². The molecule has 1 aliphatic rings. The van der Waals surface area contributed by atoms with E-state index in [0.29, 0.717) is 22.8 Å². The van der Waals surface area contributed by atoms with Gasteiger partial charge in [-0.2, -0.15) is 0 Å². The smallest absolute Gasteiger partial charge is 0.270 e. The molecule has 164 valence electrons. The number of fused-ring (bicyclic) bond motifs is 1. The molecule has 0 unspecified atom stereocenters. The maximum atomic E-state index is 13.4. The number of nitrogens with zero attached hydrogens (tertiary/aromatic N) is 1. The number of hydrogen-bond donors (Lipinski definition) is 1. The summed E-state index contributed by atoms with van der Waals surface area (Å²) >= 11 is 5.96. The minimum atomic E-state index is -4.07. The maximum absolute atomic E-state index is 13.4. The summed E-state index contributed by atoms with van der Waals surface area (Å²) in [5.74, 6) is 0.196. The van der Waals surface area contributed by atoms with Crippen molar-refractivity contribution in [1.82, 2.24) is 5.32 Å². The fraction of sp³-hybridized carbons (Fsp3) is 0.125. The molecular formula is C24H21ClN2O4S. The van der Waals surface area contributed by atoms with Crippen LogP contribution in [0, 0.1) is 0 Å². The van der Waals surface area contributed by atoms with Crippen LogP contribution in [0.3, 0.4) is 0 Å². The molecule has 3 aromatic carbocycles. The third-order valence-electron chi connectivity index (χ3n) is 5.15. The summed E-state index contributed by atoms with van der Waals surface area (Å²) in [5, 5.41) is 3.53. The van der Waals surface area contributed by atoms with Crippen LogP contribution in [-0.4, -0.2) is 21.3 Å². The number of benzene rings is 3. The first-order chi connectivity index (χ1) is 15.4. The highest BCUT2D eigenvalue weighted by atomic mass is 35.5. The number of ketones is 1. The van der Waals surface area contributed by atoms with E-state index in [1.165, 1.54) is 10.5 Å². The van der Waals surface area contributed by atoms with Gasteiger partial charge >= 0.3 is 0 Å². The molecule has 4 rings (SSSR count). The van der Waals surface area contributed by atoms with Crippen molar-refractivity contribution >= 4 is 33.1 Å². The van der Waals surface area contributed by atoms with E-state index >= 15 is 0 Å². The van der Waals surface area contributed by atoms with Crippen LogP contribution in [0.2, 0.25) is 5.02 Å². The van der Waals surface area contributed by atoms with Crippen molar-refractivity contribution < 1.29 is 17.9 Å². The molecule has 0 fully saturated rings. The highest BCUT2D eigenvalue weighted by molar-refractivity contribution is 7.97. The van der Waals surface area contributed by atoms with Crippen LogP contribution in [0.15, 0.2) is 83.9 Å². The lowest BCUT2D eigenvalue weighted by Crippen LogP contribution is -2.39. The van der Waals surface area contributed by atoms with Crippen molar-refractivity contribution in [2.24, 2.45) is 0 Å². The number of para-hydroxylation sites is 1. The van der Waals surface area contributed by atoms with Crippen LogP contribution in [0.1, 0.15) is 21.5 Å². The largest absolute Gasteiger partial charge is 0.497 e.